The Kier molecular flexibility index (Phi) is 7.04. The van der Waals surface area contributed by atoms with Crippen molar-refractivity contribution in [1.29, 1.82) is 0 Å². The number of halogens is 2. The maximum atomic E-state index is 12.1. The minimum atomic E-state index is 0. The lowest BCUT2D eigenvalue weighted by Gasteiger charge is -2.23. The average Bonchev–Trinajstić information content (AvgIpc) is 2.29. The minimum absolute atomic E-state index is 0. The summed E-state index contributed by atoms with van der Waals surface area (Å²) < 4.78 is 1.11. The van der Waals surface area contributed by atoms with E-state index in [1.165, 1.54) is 5.56 Å². The number of aryl methyl sites for hydroxylation is 1. The molecular formula is C12H18ClIN2O. The highest BCUT2D eigenvalue weighted by molar-refractivity contribution is 14.1. The summed E-state index contributed by atoms with van der Waals surface area (Å²) in [6.45, 7) is 4.45. The van der Waals surface area contributed by atoms with Crippen molar-refractivity contribution in [1.82, 2.24) is 4.90 Å². The summed E-state index contributed by atoms with van der Waals surface area (Å²) in [6, 6.07) is 5.81. The third kappa shape index (κ3) is 4.12. The monoisotopic (exact) mass is 368 g/mol. The van der Waals surface area contributed by atoms with E-state index >= 15 is 0 Å². The highest BCUT2D eigenvalue weighted by Crippen LogP contribution is 2.15. The number of benzene rings is 1. The number of nitrogens with two attached hydrogens (primary N) is 1. The average molecular weight is 369 g/mol. The first-order valence-electron chi connectivity index (χ1n) is 5.20. The Balaban J connectivity index is 0.00000256. The molecule has 1 unspecified atom stereocenters. The molecule has 1 atom stereocenters. The highest BCUT2D eigenvalue weighted by Gasteiger charge is 2.16. The molecule has 0 saturated carbocycles. The smallest absolute Gasteiger partial charge is 0.253 e. The van der Waals surface area contributed by atoms with Gasteiger partial charge in [-0.15, -0.1) is 12.4 Å². The number of likely N-dealkylation sites (N-methyl/N-ethyl adjacent to an activating group) is 1. The normalized spacial score (nSPS) is 11.6. The zero-order valence-corrected chi connectivity index (χ0v) is 13.2. The maximum Gasteiger partial charge on any atom is 0.253 e. The van der Waals surface area contributed by atoms with Gasteiger partial charge in [0.25, 0.3) is 5.91 Å². The summed E-state index contributed by atoms with van der Waals surface area (Å²) in [5, 5.41) is 0. The van der Waals surface area contributed by atoms with Crippen LogP contribution < -0.4 is 5.73 Å². The minimum Gasteiger partial charge on any atom is -0.338 e. The van der Waals surface area contributed by atoms with E-state index < -0.39 is 0 Å². The van der Waals surface area contributed by atoms with Crippen molar-refractivity contribution in [3.8, 4) is 0 Å². The number of amides is 1. The van der Waals surface area contributed by atoms with Gasteiger partial charge >= 0.3 is 0 Å². The third-order valence-electron chi connectivity index (χ3n) is 2.74. The van der Waals surface area contributed by atoms with Gasteiger partial charge in [0.15, 0.2) is 0 Å². The molecule has 0 bridgehead atoms. The van der Waals surface area contributed by atoms with E-state index in [4.69, 9.17) is 5.73 Å². The molecule has 0 aromatic heterocycles. The van der Waals surface area contributed by atoms with Crippen LogP contribution in [0.5, 0.6) is 0 Å². The lowest BCUT2D eigenvalue weighted by molar-refractivity contribution is 0.0748. The van der Waals surface area contributed by atoms with Gasteiger partial charge in [-0.1, -0.05) is 6.07 Å². The van der Waals surface area contributed by atoms with E-state index in [1.807, 2.05) is 32.0 Å². The second-order valence-electron chi connectivity index (χ2n) is 3.96. The van der Waals surface area contributed by atoms with Crippen LogP contribution in [0.15, 0.2) is 18.2 Å². The Morgan fingerprint density at radius 1 is 1.53 bits per heavy atom. The van der Waals surface area contributed by atoms with Crippen LogP contribution in [0.1, 0.15) is 22.8 Å². The van der Waals surface area contributed by atoms with E-state index in [2.05, 4.69) is 22.6 Å². The van der Waals surface area contributed by atoms with Crippen molar-refractivity contribution in [3.05, 3.63) is 32.9 Å². The van der Waals surface area contributed by atoms with Gasteiger partial charge in [0.1, 0.15) is 0 Å². The van der Waals surface area contributed by atoms with Crippen LogP contribution in [0, 0.1) is 10.5 Å². The van der Waals surface area contributed by atoms with E-state index in [1.54, 1.807) is 11.9 Å². The number of carbonyl (C=O) groups excluding carboxylic acids is 1. The molecule has 0 aliphatic carbocycles. The quantitative estimate of drug-likeness (QED) is 0.833. The predicted octanol–water partition coefficient (Wildman–Crippen LogP) is 2.44. The molecule has 2 N–H and O–H groups in total. The zero-order chi connectivity index (χ0) is 12.3. The second-order valence-corrected chi connectivity index (χ2v) is 5.13. The van der Waals surface area contributed by atoms with Crippen LogP contribution in [-0.4, -0.2) is 30.4 Å². The van der Waals surface area contributed by atoms with Gasteiger partial charge in [-0.25, -0.2) is 0 Å². The predicted molar refractivity (Wildman–Crippen MR) is 81.8 cm³/mol. The molecule has 0 heterocycles. The van der Waals surface area contributed by atoms with E-state index in [0.717, 1.165) is 9.13 Å². The molecule has 1 rings (SSSR count). The van der Waals surface area contributed by atoms with E-state index in [-0.39, 0.29) is 24.4 Å². The summed E-state index contributed by atoms with van der Waals surface area (Å²) >= 11 is 2.24. The van der Waals surface area contributed by atoms with Crippen LogP contribution in [0.25, 0.3) is 0 Å². The van der Waals surface area contributed by atoms with Crippen molar-refractivity contribution in [2.24, 2.45) is 5.73 Å². The van der Waals surface area contributed by atoms with Gasteiger partial charge in [-0.05, 0) is 54.1 Å². The van der Waals surface area contributed by atoms with Gasteiger partial charge in [0.2, 0.25) is 0 Å². The molecular weight excluding hydrogens is 351 g/mol. The number of nitrogens with zero attached hydrogens (tertiary/aromatic N) is 1. The molecule has 1 amide bonds. The highest BCUT2D eigenvalue weighted by atomic mass is 127. The summed E-state index contributed by atoms with van der Waals surface area (Å²) in [7, 11) is 1.78. The number of carbonyl (C=O) groups is 1. The Hall–Kier alpha value is -0.330. The molecule has 0 aliphatic rings. The number of hydrogen-bond acceptors (Lipinski definition) is 2. The second kappa shape index (κ2) is 7.18. The zero-order valence-electron chi connectivity index (χ0n) is 10.2. The fraction of sp³-hybridized carbons (Fsp3) is 0.417. The summed E-state index contributed by atoms with van der Waals surface area (Å²) in [5.41, 5.74) is 7.45. The van der Waals surface area contributed by atoms with Crippen molar-refractivity contribution in [2.45, 2.75) is 19.9 Å². The van der Waals surface area contributed by atoms with Gasteiger partial charge in [0, 0.05) is 28.8 Å². The van der Waals surface area contributed by atoms with Gasteiger partial charge in [0.05, 0.1) is 0 Å². The SMILES string of the molecule is Cc1ccc(C(=O)N(C)C(C)CN)cc1I.Cl. The first kappa shape index (κ1) is 16.7. The van der Waals surface area contributed by atoms with Crippen molar-refractivity contribution in [2.75, 3.05) is 13.6 Å². The molecule has 0 radical (unpaired) electrons. The Morgan fingerprint density at radius 3 is 2.59 bits per heavy atom. The van der Waals surface area contributed by atoms with Gasteiger partial charge in [-0.2, -0.15) is 0 Å². The maximum absolute atomic E-state index is 12.1. The fourth-order valence-corrected chi connectivity index (χ4v) is 1.80. The van der Waals surface area contributed by atoms with Crippen LogP contribution in [0.4, 0.5) is 0 Å². The molecule has 0 saturated heterocycles. The van der Waals surface area contributed by atoms with Crippen molar-refractivity contribution in [3.63, 3.8) is 0 Å². The molecule has 0 aliphatic heterocycles. The Bertz CT molecular complexity index is 398. The lowest BCUT2D eigenvalue weighted by atomic mass is 10.1. The molecule has 3 nitrogen and oxygen atoms in total. The molecule has 5 heteroatoms. The number of hydrogen-bond donors (Lipinski definition) is 1. The molecule has 0 fully saturated rings. The Labute approximate surface area is 122 Å². The van der Waals surface area contributed by atoms with E-state index in [0.29, 0.717) is 6.54 Å². The topological polar surface area (TPSA) is 46.3 Å². The van der Waals surface area contributed by atoms with Crippen LogP contribution in [0.2, 0.25) is 0 Å². The van der Waals surface area contributed by atoms with E-state index in [9.17, 15) is 4.79 Å². The fourth-order valence-electron chi connectivity index (χ4n) is 1.29. The Morgan fingerprint density at radius 2 is 2.12 bits per heavy atom. The summed E-state index contributed by atoms with van der Waals surface area (Å²) in [4.78, 5) is 13.8. The van der Waals surface area contributed by atoms with Crippen LogP contribution in [-0.2, 0) is 0 Å². The lowest BCUT2D eigenvalue weighted by Crippen LogP contribution is -2.39. The summed E-state index contributed by atoms with van der Waals surface area (Å²) in [6.07, 6.45) is 0. The molecule has 0 spiro atoms. The first-order valence-corrected chi connectivity index (χ1v) is 6.28. The van der Waals surface area contributed by atoms with Crippen LogP contribution >= 0.6 is 35.0 Å². The molecule has 1 aromatic carbocycles. The summed E-state index contributed by atoms with van der Waals surface area (Å²) in [5.74, 6) is 0.0240. The van der Waals surface area contributed by atoms with Crippen molar-refractivity contribution < 1.29 is 4.79 Å². The molecule has 17 heavy (non-hydrogen) atoms. The molecule has 1 aromatic rings. The standard InChI is InChI=1S/C12H17IN2O.ClH/c1-8-4-5-10(6-11(8)13)12(16)15(3)9(2)7-14;/h4-6,9H,7,14H2,1-3H3;1H. The molecule has 96 valence electrons. The van der Waals surface area contributed by atoms with Gasteiger partial charge in [-0.3, -0.25) is 4.79 Å². The van der Waals surface area contributed by atoms with Crippen molar-refractivity contribution >= 4 is 40.9 Å². The van der Waals surface area contributed by atoms with Crippen LogP contribution in [0.3, 0.4) is 0 Å². The van der Waals surface area contributed by atoms with Gasteiger partial charge < -0.3 is 10.6 Å². The first-order chi connectivity index (χ1) is 7.47. The third-order valence-corrected chi connectivity index (χ3v) is 3.90. The largest absolute Gasteiger partial charge is 0.338 e. The number of rotatable bonds is 3.